The molecule has 172 valence electrons. The summed E-state index contributed by atoms with van der Waals surface area (Å²) >= 11 is 0. The largest absolute Gasteiger partial charge is 0.466 e. The van der Waals surface area contributed by atoms with Crippen LogP contribution in [0.1, 0.15) is 48.0 Å². The number of ether oxygens (including phenoxy) is 2. The van der Waals surface area contributed by atoms with E-state index in [0.29, 0.717) is 24.5 Å². The Bertz CT molecular complexity index is 628. The van der Waals surface area contributed by atoms with Gasteiger partial charge >= 0.3 is 24.0 Å². The minimum Gasteiger partial charge on any atom is -0.466 e. The van der Waals surface area contributed by atoms with E-state index < -0.39 is 12.0 Å². The molecular formula is C18H32N4O8. The van der Waals surface area contributed by atoms with Crippen molar-refractivity contribution in [2.24, 2.45) is 11.5 Å². The first-order chi connectivity index (χ1) is 13.9. The maximum atomic E-state index is 11.5. The van der Waals surface area contributed by atoms with Crippen molar-refractivity contribution in [1.29, 1.82) is 0 Å². The van der Waals surface area contributed by atoms with Crippen molar-refractivity contribution in [3.8, 4) is 0 Å². The zero-order valence-corrected chi connectivity index (χ0v) is 18.2. The topological polar surface area (TPSA) is 197 Å². The van der Waals surface area contributed by atoms with Crippen LogP contribution >= 0.6 is 0 Å². The molecule has 4 amide bonds. The van der Waals surface area contributed by atoms with E-state index in [0.717, 1.165) is 6.29 Å². The second kappa shape index (κ2) is 18.9. The maximum absolute atomic E-state index is 11.5. The van der Waals surface area contributed by atoms with Crippen molar-refractivity contribution in [2.75, 3.05) is 13.2 Å². The highest BCUT2D eigenvalue weighted by Crippen LogP contribution is 2.13. The lowest BCUT2D eigenvalue weighted by Crippen LogP contribution is -2.48. The van der Waals surface area contributed by atoms with Crippen molar-refractivity contribution < 1.29 is 38.2 Å². The number of Topliss-reactive ketones (excluding diaryl/α,β-unsaturated/α-hetero) is 1. The number of primary amides is 2. The van der Waals surface area contributed by atoms with Crippen LogP contribution < -0.4 is 22.1 Å². The Labute approximate surface area is 175 Å². The third kappa shape index (κ3) is 19.3. The molecule has 0 aromatic heterocycles. The van der Waals surface area contributed by atoms with E-state index in [1.807, 2.05) is 0 Å². The van der Waals surface area contributed by atoms with Gasteiger partial charge in [0.1, 0.15) is 18.5 Å². The Kier molecular flexibility index (Phi) is 19.7. The minimum absolute atomic E-state index is 0.103. The molecule has 0 radical (unpaired) electrons. The Morgan fingerprint density at radius 3 is 1.87 bits per heavy atom. The van der Waals surface area contributed by atoms with Crippen molar-refractivity contribution >= 4 is 36.1 Å². The molecule has 1 aliphatic heterocycles. The lowest BCUT2D eigenvalue weighted by atomic mass is 10.1. The monoisotopic (exact) mass is 432 g/mol. The zero-order chi connectivity index (χ0) is 24.3. The van der Waals surface area contributed by atoms with Crippen LogP contribution in [0.25, 0.3) is 0 Å². The van der Waals surface area contributed by atoms with Crippen molar-refractivity contribution in [3.05, 3.63) is 11.3 Å². The second-order valence-corrected chi connectivity index (χ2v) is 5.40. The van der Waals surface area contributed by atoms with Gasteiger partial charge in [0, 0.05) is 5.70 Å². The highest BCUT2D eigenvalue weighted by atomic mass is 16.5. The number of carbonyl (C=O) groups is 6. The van der Waals surface area contributed by atoms with Crippen molar-refractivity contribution in [3.63, 3.8) is 0 Å². The molecule has 12 nitrogen and oxygen atoms in total. The fourth-order valence-corrected chi connectivity index (χ4v) is 1.82. The highest BCUT2D eigenvalue weighted by molar-refractivity contribution is 5.94. The van der Waals surface area contributed by atoms with Crippen LogP contribution in [0.4, 0.5) is 9.59 Å². The summed E-state index contributed by atoms with van der Waals surface area (Å²) in [6.45, 7) is 10.3. The maximum Gasteiger partial charge on any atom is 0.337 e. The average Bonchev–Trinajstić information content (AvgIpc) is 2.54. The number of rotatable bonds is 5. The molecule has 12 heteroatoms. The zero-order valence-electron chi connectivity index (χ0n) is 18.2. The third-order valence-corrected chi connectivity index (χ3v) is 2.68. The number of hydrogen-bond donors (Lipinski definition) is 4. The van der Waals surface area contributed by atoms with Gasteiger partial charge < -0.3 is 36.4 Å². The van der Waals surface area contributed by atoms with Crippen LogP contribution in [0, 0.1) is 0 Å². The van der Waals surface area contributed by atoms with Gasteiger partial charge in [0.25, 0.3) is 0 Å². The van der Waals surface area contributed by atoms with Crippen LogP contribution in [-0.4, -0.2) is 55.3 Å². The minimum atomic E-state index is -0.833. The summed E-state index contributed by atoms with van der Waals surface area (Å²) in [7, 11) is 0. The highest BCUT2D eigenvalue weighted by Gasteiger charge is 2.27. The summed E-state index contributed by atoms with van der Waals surface area (Å²) in [5.74, 6) is -0.983. The molecule has 1 unspecified atom stereocenters. The number of nitrogens with two attached hydrogens (primary N) is 2. The molecule has 0 saturated heterocycles. The number of allylic oxidation sites excluding steroid dienone is 1. The van der Waals surface area contributed by atoms with Gasteiger partial charge in [0.2, 0.25) is 0 Å². The van der Waals surface area contributed by atoms with E-state index in [-0.39, 0.29) is 30.2 Å². The van der Waals surface area contributed by atoms with E-state index in [2.05, 4.69) is 26.8 Å². The molecule has 0 fully saturated rings. The second-order valence-electron chi connectivity index (χ2n) is 5.40. The lowest BCUT2D eigenvalue weighted by Gasteiger charge is -2.24. The predicted molar refractivity (Wildman–Crippen MR) is 108 cm³/mol. The standard InChI is InChI=1S/C9H14N2O3.C6H10O3.C2H4O.CH4N2O/c1-4-14-8(12)7-5(2)10-9(13)11-6(7)3;1-3-9-6(8)4-5(2)7;1-2-3;2-1(3)4/h5H,4H2,1-3H3,(H2,10,11,13);3-4H2,1-2H3;2H,1H3;(H4,2,3,4). The Hall–Kier alpha value is -3.44. The number of carbonyl (C=O) groups excluding carboxylic acids is 6. The molecule has 0 aromatic rings. The Morgan fingerprint density at radius 1 is 1.10 bits per heavy atom. The number of esters is 2. The van der Waals surface area contributed by atoms with Crippen LogP contribution in [0.15, 0.2) is 11.3 Å². The summed E-state index contributed by atoms with van der Waals surface area (Å²) < 4.78 is 9.36. The molecule has 0 bridgehead atoms. The third-order valence-electron chi connectivity index (χ3n) is 2.68. The number of amides is 4. The van der Waals surface area contributed by atoms with Crippen LogP contribution in [0.3, 0.4) is 0 Å². The molecule has 1 atom stereocenters. The summed E-state index contributed by atoms with van der Waals surface area (Å²) in [4.78, 5) is 60.9. The lowest BCUT2D eigenvalue weighted by molar-refractivity contribution is -0.145. The molecule has 30 heavy (non-hydrogen) atoms. The van der Waals surface area contributed by atoms with Gasteiger partial charge in [0.15, 0.2) is 0 Å². The Morgan fingerprint density at radius 2 is 1.53 bits per heavy atom. The van der Waals surface area contributed by atoms with Gasteiger partial charge in [-0.2, -0.15) is 0 Å². The summed E-state index contributed by atoms with van der Waals surface area (Å²) in [6, 6.07) is -1.43. The first-order valence-corrected chi connectivity index (χ1v) is 8.92. The smallest absolute Gasteiger partial charge is 0.337 e. The van der Waals surface area contributed by atoms with E-state index in [1.54, 1.807) is 27.7 Å². The molecule has 0 aliphatic carbocycles. The SMILES string of the molecule is CC=O.CCOC(=O)C1=C(C)NC(=O)NC1C.CCOC(=O)CC(C)=O.NC(N)=O. The molecular weight excluding hydrogens is 400 g/mol. The fourth-order valence-electron chi connectivity index (χ4n) is 1.82. The van der Waals surface area contributed by atoms with Crippen LogP contribution in [0.5, 0.6) is 0 Å². The van der Waals surface area contributed by atoms with Gasteiger partial charge in [-0.1, -0.05) is 0 Å². The van der Waals surface area contributed by atoms with E-state index in [4.69, 9.17) is 14.3 Å². The first kappa shape index (κ1) is 31.3. The van der Waals surface area contributed by atoms with Gasteiger partial charge in [-0.3, -0.25) is 9.59 Å². The number of ketones is 1. The fraction of sp³-hybridized carbons (Fsp3) is 0.556. The molecule has 0 saturated carbocycles. The number of hydrogen-bond acceptors (Lipinski definition) is 8. The number of aldehydes is 1. The van der Waals surface area contributed by atoms with Gasteiger partial charge in [-0.05, 0) is 41.5 Å². The normalized spacial score (nSPS) is 13.8. The predicted octanol–water partition coefficient (Wildman–Crippen LogP) is 0.282. The van der Waals surface area contributed by atoms with Gasteiger partial charge in [-0.25, -0.2) is 14.4 Å². The summed E-state index contributed by atoms with van der Waals surface area (Å²) in [5, 5.41) is 5.12. The Balaban J connectivity index is -0.000000390. The molecule has 0 spiro atoms. The van der Waals surface area contributed by atoms with Gasteiger partial charge in [0.05, 0.1) is 24.8 Å². The van der Waals surface area contributed by atoms with Crippen molar-refractivity contribution in [2.45, 2.75) is 54.0 Å². The molecule has 0 aromatic carbocycles. The van der Waals surface area contributed by atoms with E-state index in [9.17, 15) is 19.2 Å². The summed E-state index contributed by atoms with van der Waals surface area (Å²) in [5.41, 5.74) is 9.53. The van der Waals surface area contributed by atoms with E-state index >= 15 is 0 Å². The molecule has 1 aliphatic rings. The molecule has 6 N–H and O–H groups in total. The summed E-state index contributed by atoms with van der Waals surface area (Å²) in [6.07, 6.45) is 0.647. The number of urea groups is 2. The van der Waals surface area contributed by atoms with Crippen molar-refractivity contribution in [1.82, 2.24) is 10.6 Å². The first-order valence-electron chi connectivity index (χ1n) is 8.92. The molecule has 1 rings (SSSR count). The van der Waals surface area contributed by atoms with Crippen LogP contribution in [-0.2, 0) is 28.7 Å². The van der Waals surface area contributed by atoms with E-state index in [1.165, 1.54) is 13.8 Å². The molecule has 1 heterocycles. The average molecular weight is 432 g/mol. The quantitative estimate of drug-likeness (QED) is 0.270. The van der Waals surface area contributed by atoms with Crippen LogP contribution in [0.2, 0.25) is 0 Å². The number of nitrogens with one attached hydrogen (secondary N) is 2. The van der Waals surface area contributed by atoms with Gasteiger partial charge in [-0.15, -0.1) is 0 Å².